The molecule has 0 unspecified atom stereocenters. The van der Waals surface area contributed by atoms with Crippen LogP contribution in [0.4, 0.5) is 0 Å². The van der Waals surface area contributed by atoms with Crippen molar-refractivity contribution in [3.8, 4) is 11.8 Å². The zero-order valence-electron chi connectivity index (χ0n) is 12.6. The summed E-state index contributed by atoms with van der Waals surface area (Å²) in [7, 11) is 0. The van der Waals surface area contributed by atoms with Gasteiger partial charge in [0.25, 0.3) is 0 Å². The van der Waals surface area contributed by atoms with Crippen LogP contribution in [0, 0.1) is 18.3 Å². The molecule has 0 aliphatic rings. The standard InChI is InChI=1S/C19H15Cl2NO/c1-3-8-23-19-17(20)10-14(11-18(19)21)9-16(12-22)15-6-4-13(2)5-7-15/h3-7,9-11H,1,8H2,2H3/b16-9+. The van der Waals surface area contributed by atoms with Crippen molar-refractivity contribution in [2.45, 2.75) is 6.92 Å². The smallest absolute Gasteiger partial charge is 0.156 e. The normalized spacial score (nSPS) is 11.0. The Morgan fingerprint density at radius 3 is 2.35 bits per heavy atom. The van der Waals surface area contributed by atoms with E-state index in [1.165, 1.54) is 0 Å². The maximum absolute atomic E-state index is 9.40. The van der Waals surface area contributed by atoms with Crippen LogP contribution in [-0.2, 0) is 0 Å². The van der Waals surface area contributed by atoms with Crippen LogP contribution in [0.1, 0.15) is 16.7 Å². The molecule has 2 aromatic carbocycles. The second-order valence-corrected chi connectivity index (χ2v) is 5.76. The third-order valence-corrected chi connectivity index (χ3v) is 3.72. The zero-order chi connectivity index (χ0) is 16.8. The lowest BCUT2D eigenvalue weighted by molar-refractivity contribution is 0.363. The van der Waals surface area contributed by atoms with Crippen LogP contribution in [-0.4, -0.2) is 6.61 Å². The Labute approximate surface area is 146 Å². The van der Waals surface area contributed by atoms with E-state index < -0.39 is 0 Å². The molecule has 0 heterocycles. The van der Waals surface area contributed by atoms with E-state index in [1.54, 1.807) is 24.3 Å². The van der Waals surface area contributed by atoms with E-state index in [0.717, 1.165) is 16.7 Å². The van der Waals surface area contributed by atoms with Gasteiger partial charge in [0.2, 0.25) is 0 Å². The number of aryl methyl sites for hydroxylation is 1. The van der Waals surface area contributed by atoms with E-state index in [4.69, 9.17) is 27.9 Å². The number of rotatable bonds is 5. The largest absolute Gasteiger partial charge is 0.486 e. The third kappa shape index (κ3) is 4.39. The molecule has 0 N–H and O–H groups in total. The van der Waals surface area contributed by atoms with Gasteiger partial charge in [-0.1, -0.05) is 65.7 Å². The lowest BCUT2D eigenvalue weighted by atomic mass is 10.0. The lowest BCUT2D eigenvalue weighted by Crippen LogP contribution is -1.95. The Bertz CT molecular complexity index is 763. The molecule has 2 aromatic rings. The first-order valence-electron chi connectivity index (χ1n) is 6.96. The summed E-state index contributed by atoms with van der Waals surface area (Å²) in [5, 5.41) is 10.2. The molecule has 0 saturated carbocycles. The Hall–Kier alpha value is -2.21. The topological polar surface area (TPSA) is 33.0 Å². The molecule has 116 valence electrons. The molecule has 0 atom stereocenters. The van der Waals surface area contributed by atoms with E-state index in [2.05, 4.69) is 12.6 Å². The fourth-order valence-electron chi connectivity index (χ4n) is 2.02. The summed E-state index contributed by atoms with van der Waals surface area (Å²) >= 11 is 12.4. The van der Waals surface area contributed by atoms with Crippen molar-refractivity contribution < 1.29 is 4.74 Å². The fourth-order valence-corrected chi connectivity index (χ4v) is 2.64. The first kappa shape index (κ1) is 17.1. The number of benzene rings is 2. The quantitative estimate of drug-likeness (QED) is 0.382. The molecule has 0 radical (unpaired) electrons. The van der Waals surface area contributed by atoms with Gasteiger partial charge in [-0.2, -0.15) is 5.26 Å². The van der Waals surface area contributed by atoms with Crippen molar-refractivity contribution in [1.82, 2.24) is 0 Å². The Morgan fingerprint density at radius 2 is 1.83 bits per heavy atom. The second-order valence-electron chi connectivity index (χ2n) is 4.95. The summed E-state index contributed by atoms with van der Waals surface area (Å²) in [6, 6.07) is 13.4. The number of allylic oxidation sites excluding steroid dienone is 1. The maximum atomic E-state index is 9.40. The molecule has 0 spiro atoms. The highest BCUT2D eigenvalue weighted by Crippen LogP contribution is 2.35. The first-order chi connectivity index (χ1) is 11.0. The average molecular weight is 344 g/mol. The Balaban J connectivity index is 2.39. The highest BCUT2D eigenvalue weighted by Gasteiger charge is 2.09. The van der Waals surface area contributed by atoms with Crippen LogP contribution in [0.2, 0.25) is 10.0 Å². The van der Waals surface area contributed by atoms with Crippen molar-refractivity contribution in [1.29, 1.82) is 5.26 Å². The number of hydrogen-bond donors (Lipinski definition) is 0. The minimum atomic E-state index is 0.321. The van der Waals surface area contributed by atoms with Gasteiger partial charge in [0.05, 0.1) is 21.7 Å². The lowest BCUT2D eigenvalue weighted by Gasteiger charge is -2.09. The number of hydrogen-bond acceptors (Lipinski definition) is 2. The van der Waals surface area contributed by atoms with Crippen LogP contribution in [0.15, 0.2) is 49.1 Å². The molecule has 0 bridgehead atoms. The van der Waals surface area contributed by atoms with Crippen LogP contribution in [0.3, 0.4) is 0 Å². The Kier molecular flexibility index (Phi) is 5.87. The van der Waals surface area contributed by atoms with Gasteiger partial charge < -0.3 is 4.74 Å². The van der Waals surface area contributed by atoms with Crippen LogP contribution in [0.25, 0.3) is 11.6 Å². The minimum Gasteiger partial charge on any atom is -0.486 e. The predicted octanol–water partition coefficient (Wildman–Crippen LogP) is 5.93. The molecular weight excluding hydrogens is 329 g/mol. The molecular formula is C19H15Cl2NO. The minimum absolute atomic E-state index is 0.321. The SMILES string of the molecule is C=CCOc1c(Cl)cc(/C=C(\C#N)c2ccc(C)cc2)cc1Cl. The van der Waals surface area contributed by atoms with E-state index in [9.17, 15) is 5.26 Å². The molecule has 0 saturated heterocycles. The molecule has 0 amide bonds. The summed E-state index contributed by atoms with van der Waals surface area (Å²) in [6.07, 6.45) is 3.37. The van der Waals surface area contributed by atoms with Gasteiger partial charge in [-0.15, -0.1) is 0 Å². The summed E-state index contributed by atoms with van der Waals surface area (Å²) in [6.45, 7) is 5.91. The van der Waals surface area contributed by atoms with Gasteiger partial charge in [0.1, 0.15) is 6.61 Å². The molecule has 0 fully saturated rings. The highest BCUT2D eigenvalue weighted by atomic mass is 35.5. The van der Waals surface area contributed by atoms with Gasteiger partial charge in [-0.3, -0.25) is 0 Å². The van der Waals surface area contributed by atoms with Gasteiger partial charge >= 0.3 is 0 Å². The highest BCUT2D eigenvalue weighted by molar-refractivity contribution is 6.37. The molecule has 2 nitrogen and oxygen atoms in total. The van der Waals surface area contributed by atoms with Gasteiger partial charge in [-0.25, -0.2) is 0 Å². The first-order valence-corrected chi connectivity index (χ1v) is 7.72. The molecule has 0 aliphatic carbocycles. The number of nitriles is 1. The predicted molar refractivity (Wildman–Crippen MR) is 96.8 cm³/mol. The van der Waals surface area contributed by atoms with Crippen molar-refractivity contribution >= 4 is 34.9 Å². The van der Waals surface area contributed by atoms with Gasteiger partial charge in [0.15, 0.2) is 5.75 Å². The van der Waals surface area contributed by atoms with E-state index in [-0.39, 0.29) is 0 Å². The summed E-state index contributed by atoms with van der Waals surface area (Å²) in [4.78, 5) is 0. The van der Waals surface area contributed by atoms with Crippen molar-refractivity contribution in [2.24, 2.45) is 0 Å². The maximum Gasteiger partial charge on any atom is 0.156 e. The van der Waals surface area contributed by atoms with Crippen molar-refractivity contribution in [3.63, 3.8) is 0 Å². The van der Waals surface area contributed by atoms with Crippen LogP contribution < -0.4 is 4.74 Å². The van der Waals surface area contributed by atoms with Crippen molar-refractivity contribution in [2.75, 3.05) is 6.61 Å². The number of nitrogens with zero attached hydrogens (tertiary/aromatic N) is 1. The van der Waals surface area contributed by atoms with E-state index >= 15 is 0 Å². The van der Waals surface area contributed by atoms with E-state index in [1.807, 2.05) is 31.2 Å². The van der Waals surface area contributed by atoms with Crippen LogP contribution in [0.5, 0.6) is 5.75 Å². The molecule has 23 heavy (non-hydrogen) atoms. The molecule has 0 aliphatic heterocycles. The summed E-state index contributed by atoms with van der Waals surface area (Å²) < 4.78 is 5.43. The average Bonchev–Trinajstić information content (AvgIpc) is 2.53. The van der Waals surface area contributed by atoms with Crippen molar-refractivity contribution in [3.05, 3.63) is 75.8 Å². The summed E-state index contributed by atoms with van der Waals surface area (Å²) in [5.74, 6) is 0.416. The monoisotopic (exact) mass is 343 g/mol. The summed E-state index contributed by atoms with van der Waals surface area (Å²) in [5.41, 5.74) is 3.26. The van der Waals surface area contributed by atoms with E-state index in [0.29, 0.717) is 28.0 Å². The number of halogens is 2. The van der Waals surface area contributed by atoms with Gasteiger partial charge in [-0.05, 0) is 36.3 Å². The molecule has 2 rings (SSSR count). The zero-order valence-corrected chi connectivity index (χ0v) is 14.2. The van der Waals surface area contributed by atoms with Gasteiger partial charge in [0, 0.05) is 0 Å². The third-order valence-electron chi connectivity index (χ3n) is 3.16. The second kappa shape index (κ2) is 7.87. The van der Waals surface area contributed by atoms with Crippen LogP contribution >= 0.6 is 23.2 Å². The molecule has 0 aromatic heterocycles. The molecule has 4 heteroatoms. The number of ether oxygens (including phenoxy) is 1. The fraction of sp³-hybridized carbons (Fsp3) is 0.105. The Morgan fingerprint density at radius 1 is 1.22 bits per heavy atom.